The van der Waals surface area contributed by atoms with E-state index in [1.165, 1.54) is 34.2 Å². The number of hydrogen-bond acceptors (Lipinski definition) is 2. The first-order chi connectivity index (χ1) is 8.31. The lowest BCUT2D eigenvalue weighted by Gasteiger charge is -2.05. The van der Waals surface area contributed by atoms with E-state index < -0.39 is 0 Å². The Morgan fingerprint density at radius 3 is 2.76 bits per heavy atom. The van der Waals surface area contributed by atoms with Crippen molar-refractivity contribution in [3.05, 3.63) is 60.7 Å². The molecule has 2 aromatic rings. The third kappa shape index (κ3) is 2.98. The lowest BCUT2D eigenvalue weighted by Crippen LogP contribution is -1.93. The number of carbonyl (C=O) groups is 1. The zero-order chi connectivity index (χ0) is 12.1. The summed E-state index contributed by atoms with van der Waals surface area (Å²) in [7, 11) is 0. The maximum atomic E-state index is 11.1. The fraction of sp³-hybridized carbons (Fsp3) is 0.133. The molecule has 0 aliphatic carbocycles. The van der Waals surface area contributed by atoms with Crippen molar-refractivity contribution in [3.63, 3.8) is 0 Å². The van der Waals surface area contributed by atoms with Crippen LogP contribution in [0.4, 0.5) is 0 Å². The fourth-order valence-electron chi connectivity index (χ4n) is 1.83. The first-order valence-electron chi connectivity index (χ1n) is 5.57. The zero-order valence-corrected chi connectivity index (χ0v) is 10.4. The number of hydrogen-bond donors (Lipinski definition) is 0. The minimum atomic E-state index is 0.0465. The maximum Gasteiger partial charge on any atom is 0.211 e. The van der Waals surface area contributed by atoms with Crippen LogP contribution in [0.3, 0.4) is 0 Å². The maximum absolute atomic E-state index is 11.1. The Bertz CT molecular complexity index is 540. The second-order valence-corrected chi connectivity index (χ2v) is 4.86. The molecule has 2 heteroatoms. The van der Waals surface area contributed by atoms with Gasteiger partial charge in [-0.25, -0.2) is 0 Å². The van der Waals surface area contributed by atoms with Crippen molar-refractivity contribution in [2.75, 3.05) is 5.75 Å². The van der Waals surface area contributed by atoms with Crippen molar-refractivity contribution < 1.29 is 4.79 Å². The average Bonchev–Trinajstić information content (AvgIpc) is 2.39. The van der Waals surface area contributed by atoms with Crippen molar-refractivity contribution in [1.29, 1.82) is 0 Å². The molecule has 86 valence electrons. The van der Waals surface area contributed by atoms with Crippen molar-refractivity contribution in [2.45, 2.75) is 6.42 Å². The molecule has 0 amide bonds. The molecule has 0 fully saturated rings. The molecule has 2 rings (SSSR count). The zero-order valence-electron chi connectivity index (χ0n) is 9.56. The lowest BCUT2D eigenvalue weighted by molar-refractivity contribution is -0.107. The van der Waals surface area contributed by atoms with E-state index in [2.05, 4.69) is 36.9 Å². The summed E-state index contributed by atoms with van der Waals surface area (Å²) in [4.78, 5) is 11.1. The van der Waals surface area contributed by atoms with Crippen LogP contribution in [-0.4, -0.2) is 10.9 Å². The molecule has 0 unspecified atom stereocenters. The van der Waals surface area contributed by atoms with Crippen LogP contribution in [0.25, 0.3) is 10.8 Å². The Kier molecular flexibility index (Phi) is 3.99. The normalized spacial score (nSPS) is 10.4. The van der Waals surface area contributed by atoms with E-state index in [4.69, 9.17) is 0 Å². The molecule has 0 atom stereocenters. The van der Waals surface area contributed by atoms with Gasteiger partial charge in [-0.05, 0) is 28.8 Å². The number of benzene rings is 2. The largest absolute Gasteiger partial charge is 0.282 e. The van der Waals surface area contributed by atoms with Gasteiger partial charge in [0.05, 0.1) is 0 Å². The van der Waals surface area contributed by atoms with E-state index >= 15 is 0 Å². The molecular formula is C15H14OS. The second-order valence-electron chi connectivity index (χ2n) is 3.76. The van der Waals surface area contributed by atoms with Crippen molar-refractivity contribution in [1.82, 2.24) is 0 Å². The average molecular weight is 242 g/mol. The summed E-state index contributed by atoms with van der Waals surface area (Å²) in [5, 5.41) is 2.58. The van der Waals surface area contributed by atoms with Crippen molar-refractivity contribution >= 4 is 27.6 Å². The van der Waals surface area contributed by atoms with Crippen molar-refractivity contribution in [3.8, 4) is 0 Å². The highest BCUT2D eigenvalue weighted by atomic mass is 32.2. The molecule has 0 aromatic heterocycles. The van der Waals surface area contributed by atoms with Crippen LogP contribution in [0, 0.1) is 0 Å². The SMILES string of the molecule is C=CC(=O)SCCc1cccc2ccccc12. The second kappa shape index (κ2) is 5.69. The van der Waals surface area contributed by atoms with Crippen LogP contribution in [0.2, 0.25) is 0 Å². The molecule has 0 saturated heterocycles. The Morgan fingerprint density at radius 2 is 1.94 bits per heavy atom. The lowest BCUT2D eigenvalue weighted by atomic mass is 10.0. The highest BCUT2D eigenvalue weighted by Crippen LogP contribution is 2.20. The minimum Gasteiger partial charge on any atom is -0.282 e. The summed E-state index contributed by atoms with van der Waals surface area (Å²) in [5.41, 5.74) is 1.30. The quantitative estimate of drug-likeness (QED) is 0.758. The standard InChI is InChI=1S/C15H14OS/c1-2-15(16)17-11-10-13-8-5-7-12-6-3-4-9-14(12)13/h2-9H,1,10-11H2. The molecule has 0 bridgehead atoms. The van der Waals surface area contributed by atoms with Gasteiger partial charge in [0.1, 0.15) is 0 Å². The summed E-state index contributed by atoms with van der Waals surface area (Å²) in [5.74, 6) is 0.804. The molecule has 17 heavy (non-hydrogen) atoms. The molecule has 0 aliphatic rings. The van der Waals surface area contributed by atoms with Crippen LogP contribution in [0.5, 0.6) is 0 Å². The Balaban J connectivity index is 2.13. The molecule has 0 aliphatic heterocycles. The van der Waals surface area contributed by atoms with E-state index in [9.17, 15) is 4.79 Å². The summed E-state index contributed by atoms with van der Waals surface area (Å²) in [6, 6.07) is 14.6. The summed E-state index contributed by atoms with van der Waals surface area (Å²) >= 11 is 1.32. The fourth-order valence-corrected chi connectivity index (χ4v) is 2.47. The van der Waals surface area contributed by atoms with Crippen molar-refractivity contribution in [2.24, 2.45) is 0 Å². The van der Waals surface area contributed by atoms with Gasteiger partial charge < -0.3 is 0 Å². The van der Waals surface area contributed by atoms with Gasteiger partial charge in [-0.1, -0.05) is 60.8 Å². The predicted octanol–water partition coefficient (Wildman–Crippen LogP) is 3.83. The van der Waals surface area contributed by atoms with Crippen LogP contribution >= 0.6 is 11.8 Å². The molecular weight excluding hydrogens is 228 g/mol. The Labute approximate surface area is 106 Å². The number of aryl methyl sites for hydroxylation is 1. The minimum absolute atomic E-state index is 0.0465. The molecule has 0 saturated carbocycles. The third-order valence-corrected chi connectivity index (χ3v) is 3.52. The van der Waals surface area contributed by atoms with Crippen LogP contribution in [0.1, 0.15) is 5.56 Å². The highest BCUT2D eigenvalue weighted by Gasteiger charge is 2.01. The van der Waals surface area contributed by atoms with Gasteiger partial charge in [0.2, 0.25) is 5.12 Å². The first kappa shape index (κ1) is 11.9. The van der Waals surface area contributed by atoms with E-state index in [1.807, 2.05) is 12.1 Å². The summed E-state index contributed by atoms with van der Waals surface area (Å²) in [6.45, 7) is 3.47. The molecule has 0 N–H and O–H groups in total. The van der Waals surface area contributed by atoms with Crippen LogP contribution < -0.4 is 0 Å². The monoisotopic (exact) mass is 242 g/mol. The first-order valence-corrected chi connectivity index (χ1v) is 6.55. The number of thioether (sulfide) groups is 1. The number of carbonyl (C=O) groups excluding carboxylic acids is 1. The molecule has 0 heterocycles. The number of fused-ring (bicyclic) bond motifs is 1. The molecule has 2 aromatic carbocycles. The van der Waals surface area contributed by atoms with Crippen LogP contribution in [0.15, 0.2) is 55.1 Å². The van der Waals surface area contributed by atoms with Gasteiger partial charge in [0, 0.05) is 5.75 Å². The topological polar surface area (TPSA) is 17.1 Å². The van der Waals surface area contributed by atoms with Gasteiger partial charge in [0.25, 0.3) is 0 Å². The summed E-state index contributed by atoms with van der Waals surface area (Å²) < 4.78 is 0. The van der Waals surface area contributed by atoms with E-state index in [0.717, 1.165) is 12.2 Å². The number of rotatable bonds is 4. The third-order valence-electron chi connectivity index (χ3n) is 2.66. The highest BCUT2D eigenvalue weighted by molar-refractivity contribution is 8.14. The van der Waals surface area contributed by atoms with Gasteiger partial charge in [-0.2, -0.15) is 0 Å². The smallest absolute Gasteiger partial charge is 0.211 e. The Hall–Kier alpha value is -1.54. The van der Waals surface area contributed by atoms with Gasteiger partial charge >= 0.3 is 0 Å². The van der Waals surface area contributed by atoms with Gasteiger partial charge in [-0.15, -0.1) is 0 Å². The van der Waals surface area contributed by atoms with E-state index in [0.29, 0.717) is 0 Å². The summed E-state index contributed by atoms with van der Waals surface area (Å²) in [6.07, 6.45) is 2.28. The van der Waals surface area contributed by atoms with Gasteiger partial charge in [-0.3, -0.25) is 4.79 Å². The molecule has 0 radical (unpaired) electrons. The Morgan fingerprint density at radius 1 is 1.18 bits per heavy atom. The van der Waals surface area contributed by atoms with E-state index in [-0.39, 0.29) is 5.12 Å². The predicted molar refractivity (Wildman–Crippen MR) is 75.3 cm³/mol. The van der Waals surface area contributed by atoms with Crippen LogP contribution in [-0.2, 0) is 11.2 Å². The molecule has 1 nitrogen and oxygen atoms in total. The van der Waals surface area contributed by atoms with Gasteiger partial charge in [0.15, 0.2) is 0 Å². The molecule has 0 spiro atoms. The van der Waals surface area contributed by atoms with E-state index in [1.54, 1.807) is 0 Å².